The van der Waals surface area contributed by atoms with Crippen LogP contribution in [0.25, 0.3) is 0 Å². The molecule has 0 aliphatic rings. The molecule has 4 aromatic carbocycles. The molecule has 0 bridgehead atoms. The van der Waals surface area contributed by atoms with E-state index in [0.717, 1.165) is 10.6 Å². The summed E-state index contributed by atoms with van der Waals surface area (Å²) in [7, 11) is 0. The van der Waals surface area contributed by atoms with Crippen molar-refractivity contribution in [3.05, 3.63) is 97.1 Å². The van der Waals surface area contributed by atoms with Gasteiger partial charge in [0.15, 0.2) is 0 Å². The molecule has 162 valence electrons. The minimum absolute atomic E-state index is 0.193. The third kappa shape index (κ3) is 7.04. The molecule has 0 saturated carbocycles. The molecule has 0 aliphatic heterocycles. The zero-order chi connectivity index (χ0) is 22.3. The summed E-state index contributed by atoms with van der Waals surface area (Å²) in [5.41, 5.74) is 0. The minimum Gasteiger partial charge on any atom is -0.491 e. The van der Waals surface area contributed by atoms with Gasteiger partial charge in [0.25, 0.3) is 0 Å². The van der Waals surface area contributed by atoms with E-state index in [-0.39, 0.29) is 6.10 Å². The van der Waals surface area contributed by atoms with E-state index in [1.54, 1.807) is 35.3 Å². The second-order valence-corrected chi connectivity index (χ2v) is 11.3. The first kappa shape index (κ1) is 23.2. The highest BCUT2D eigenvalue weighted by Crippen LogP contribution is 2.35. The Balaban J connectivity index is 1.32. The van der Waals surface area contributed by atoms with Crippen molar-refractivity contribution >= 4 is 47.9 Å². The van der Waals surface area contributed by atoms with Gasteiger partial charge in [-0.3, -0.25) is 0 Å². The Hall–Kier alpha value is -1.92. The zero-order valence-corrected chi connectivity index (χ0v) is 21.2. The van der Waals surface area contributed by atoms with Crippen molar-refractivity contribution in [3.8, 4) is 5.75 Å². The Morgan fingerprint density at radius 1 is 0.500 bits per heavy atom. The fraction of sp³-hybridized carbons (Fsp3) is 0.111. The largest absolute Gasteiger partial charge is 0.491 e. The summed E-state index contributed by atoms with van der Waals surface area (Å²) in [6.07, 6.45) is 0.193. The molecule has 0 N–H and O–H groups in total. The van der Waals surface area contributed by atoms with Gasteiger partial charge in [-0.15, -0.1) is 12.6 Å². The van der Waals surface area contributed by atoms with Crippen molar-refractivity contribution in [1.82, 2.24) is 0 Å². The number of thiol groups is 1. The quantitative estimate of drug-likeness (QED) is 0.245. The fourth-order valence-electron chi connectivity index (χ4n) is 2.93. The molecule has 1 nitrogen and oxygen atoms in total. The minimum atomic E-state index is 0.193. The molecule has 32 heavy (non-hydrogen) atoms. The van der Waals surface area contributed by atoms with E-state index in [9.17, 15) is 0 Å². The predicted molar refractivity (Wildman–Crippen MR) is 141 cm³/mol. The van der Waals surface area contributed by atoms with Gasteiger partial charge >= 0.3 is 0 Å². The van der Waals surface area contributed by atoms with Crippen molar-refractivity contribution in [3.63, 3.8) is 0 Å². The maximum atomic E-state index is 5.72. The average molecular weight is 493 g/mol. The van der Waals surface area contributed by atoms with Crippen LogP contribution in [0.1, 0.15) is 13.8 Å². The van der Waals surface area contributed by atoms with Crippen molar-refractivity contribution < 1.29 is 4.74 Å². The summed E-state index contributed by atoms with van der Waals surface area (Å²) in [6, 6.07) is 34.0. The van der Waals surface area contributed by atoms with Gasteiger partial charge in [0, 0.05) is 34.3 Å². The van der Waals surface area contributed by atoms with Crippen LogP contribution in [0.3, 0.4) is 0 Å². The Morgan fingerprint density at radius 2 is 0.781 bits per heavy atom. The van der Waals surface area contributed by atoms with E-state index in [1.165, 1.54) is 29.4 Å². The number of ether oxygens (including phenoxy) is 1. The number of rotatable bonds is 8. The molecule has 5 heteroatoms. The lowest BCUT2D eigenvalue weighted by Gasteiger charge is -2.10. The van der Waals surface area contributed by atoms with Gasteiger partial charge in [0.05, 0.1) is 6.10 Å². The van der Waals surface area contributed by atoms with Crippen LogP contribution in [0.5, 0.6) is 5.75 Å². The molecule has 0 saturated heterocycles. The average Bonchev–Trinajstić information content (AvgIpc) is 2.79. The van der Waals surface area contributed by atoms with Crippen molar-refractivity contribution in [1.29, 1.82) is 0 Å². The molecule has 0 fully saturated rings. The molecular weight excluding hydrogens is 469 g/mol. The third-order valence-corrected chi connectivity index (χ3v) is 7.73. The predicted octanol–water partition coefficient (Wildman–Crippen LogP) is 9.22. The lowest BCUT2D eigenvalue weighted by atomic mass is 10.3. The first-order valence-corrected chi connectivity index (χ1v) is 13.2. The second kappa shape index (κ2) is 11.3. The Bertz CT molecular complexity index is 1120. The standard InChI is InChI=1S/C27H24OS4/c1-19(2)28-20-3-7-22(8-4-20)30-24-11-15-26(16-12-24)32-27-17-13-25(14-18-27)31-23-9-5-21(29)6-10-23/h3-19,29H,1-2H3. The summed E-state index contributed by atoms with van der Waals surface area (Å²) < 4.78 is 5.72. The van der Waals surface area contributed by atoms with E-state index in [0.29, 0.717) is 0 Å². The molecule has 0 spiro atoms. The third-order valence-electron chi connectivity index (χ3n) is 4.39. The summed E-state index contributed by atoms with van der Waals surface area (Å²) in [5, 5.41) is 0. The van der Waals surface area contributed by atoms with E-state index in [4.69, 9.17) is 4.74 Å². The molecule has 0 aromatic heterocycles. The summed E-state index contributed by atoms with van der Waals surface area (Å²) in [6.45, 7) is 4.08. The molecule has 0 unspecified atom stereocenters. The van der Waals surface area contributed by atoms with E-state index in [1.807, 2.05) is 38.1 Å². The lowest BCUT2D eigenvalue weighted by Crippen LogP contribution is -2.04. The van der Waals surface area contributed by atoms with E-state index < -0.39 is 0 Å². The number of hydrogen-bond donors (Lipinski definition) is 1. The van der Waals surface area contributed by atoms with Gasteiger partial charge in [0.1, 0.15) is 5.75 Å². The van der Waals surface area contributed by atoms with E-state index in [2.05, 4.69) is 85.4 Å². The molecule has 0 heterocycles. The SMILES string of the molecule is CC(C)Oc1ccc(Sc2ccc(Sc3ccc(Sc4ccc(S)cc4)cc3)cc2)cc1. The topological polar surface area (TPSA) is 9.23 Å². The molecule has 4 aromatic rings. The van der Waals surface area contributed by atoms with Gasteiger partial charge in [-0.25, -0.2) is 0 Å². The molecule has 0 amide bonds. The van der Waals surface area contributed by atoms with Crippen LogP contribution >= 0.6 is 47.9 Å². The van der Waals surface area contributed by atoms with Crippen LogP contribution in [0.4, 0.5) is 0 Å². The van der Waals surface area contributed by atoms with Crippen LogP contribution in [0, 0.1) is 0 Å². The summed E-state index contributed by atoms with van der Waals surface area (Å²) >= 11 is 9.65. The lowest BCUT2D eigenvalue weighted by molar-refractivity contribution is 0.242. The van der Waals surface area contributed by atoms with Crippen LogP contribution < -0.4 is 4.74 Å². The van der Waals surface area contributed by atoms with Gasteiger partial charge in [-0.2, -0.15) is 0 Å². The monoisotopic (exact) mass is 492 g/mol. The molecule has 0 atom stereocenters. The van der Waals surface area contributed by atoms with E-state index >= 15 is 0 Å². The highest BCUT2D eigenvalue weighted by molar-refractivity contribution is 8.00. The Labute approximate surface area is 208 Å². The normalized spacial score (nSPS) is 11.0. The Morgan fingerprint density at radius 3 is 1.09 bits per heavy atom. The molecule has 0 aliphatic carbocycles. The number of hydrogen-bond acceptors (Lipinski definition) is 5. The number of benzene rings is 4. The smallest absolute Gasteiger partial charge is 0.119 e. The van der Waals surface area contributed by atoms with Crippen LogP contribution in [0.15, 0.2) is 131 Å². The van der Waals surface area contributed by atoms with Gasteiger partial charge in [-0.1, -0.05) is 35.3 Å². The van der Waals surface area contributed by atoms with Crippen molar-refractivity contribution in [2.75, 3.05) is 0 Å². The van der Waals surface area contributed by atoms with Gasteiger partial charge in [0.2, 0.25) is 0 Å². The first-order chi connectivity index (χ1) is 15.5. The maximum absolute atomic E-state index is 5.72. The Kier molecular flexibility index (Phi) is 8.20. The maximum Gasteiger partial charge on any atom is 0.119 e. The highest BCUT2D eigenvalue weighted by atomic mass is 32.2. The van der Waals surface area contributed by atoms with Crippen LogP contribution in [0.2, 0.25) is 0 Å². The molecular formula is C27H24OS4. The first-order valence-electron chi connectivity index (χ1n) is 10.3. The van der Waals surface area contributed by atoms with Gasteiger partial charge in [-0.05, 0) is 111 Å². The van der Waals surface area contributed by atoms with Crippen LogP contribution in [-0.4, -0.2) is 6.10 Å². The van der Waals surface area contributed by atoms with Gasteiger partial charge < -0.3 is 4.74 Å². The zero-order valence-electron chi connectivity index (χ0n) is 17.9. The molecule has 0 radical (unpaired) electrons. The second-order valence-electron chi connectivity index (χ2n) is 7.38. The fourth-order valence-corrected chi connectivity index (χ4v) is 5.53. The molecule has 4 rings (SSSR count). The van der Waals surface area contributed by atoms with Crippen molar-refractivity contribution in [2.45, 2.75) is 54.2 Å². The van der Waals surface area contributed by atoms with Crippen molar-refractivity contribution in [2.24, 2.45) is 0 Å². The highest BCUT2D eigenvalue weighted by Gasteiger charge is 2.03. The summed E-state index contributed by atoms with van der Waals surface area (Å²) in [4.78, 5) is 8.35. The van der Waals surface area contributed by atoms with Crippen LogP contribution in [-0.2, 0) is 0 Å². The summed E-state index contributed by atoms with van der Waals surface area (Å²) in [5.74, 6) is 0.913.